The molecule has 80 valence electrons. The maximum absolute atomic E-state index is 9.89. The van der Waals surface area contributed by atoms with Crippen LogP contribution in [0.25, 0.3) is 10.4 Å². The second kappa shape index (κ2) is 4.11. The summed E-state index contributed by atoms with van der Waals surface area (Å²) < 4.78 is 5.33. The first-order valence-corrected chi connectivity index (χ1v) is 4.65. The molecule has 0 spiro atoms. The van der Waals surface area contributed by atoms with E-state index in [1.165, 1.54) is 0 Å². The first-order valence-electron chi connectivity index (χ1n) is 4.65. The van der Waals surface area contributed by atoms with E-state index < -0.39 is 12.1 Å². The Kier molecular flexibility index (Phi) is 2.64. The van der Waals surface area contributed by atoms with E-state index in [2.05, 4.69) is 10.0 Å². The Morgan fingerprint density at radius 2 is 2.44 bits per heavy atom. The summed E-state index contributed by atoms with van der Waals surface area (Å²) in [6.07, 6.45) is -0.882. The zero-order valence-electron chi connectivity index (χ0n) is 8.24. The van der Waals surface area contributed by atoms with Crippen molar-refractivity contribution < 1.29 is 9.84 Å². The van der Waals surface area contributed by atoms with Crippen LogP contribution in [0.3, 0.4) is 0 Å². The Hall–Kier alpha value is -2.22. The summed E-state index contributed by atoms with van der Waals surface area (Å²) in [6, 6.07) is 6.12. The number of aliphatic hydroxyl groups is 1. The van der Waals surface area contributed by atoms with Crippen molar-refractivity contribution in [1.82, 2.24) is 0 Å². The zero-order valence-corrected chi connectivity index (χ0v) is 8.24. The maximum atomic E-state index is 9.89. The quantitative estimate of drug-likeness (QED) is 0.438. The maximum Gasteiger partial charge on any atom is 0.126 e. The van der Waals surface area contributed by atoms with Crippen LogP contribution in [0.1, 0.15) is 17.2 Å². The van der Waals surface area contributed by atoms with Crippen molar-refractivity contribution in [3.8, 4) is 11.8 Å². The first kappa shape index (κ1) is 10.3. The van der Waals surface area contributed by atoms with E-state index >= 15 is 0 Å². The third kappa shape index (κ3) is 1.65. The zero-order chi connectivity index (χ0) is 11.5. The van der Waals surface area contributed by atoms with Crippen molar-refractivity contribution in [2.75, 3.05) is 6.61 Å². The lowest BCUT2D eigenvalue weighted by Crippen LogP contribution is -2.28. The molecule has 0 aromatic heterocycles. The van der Waals surface area contributed by atoms with Gasteiger partial charge in [0.2, 0.25) is 0 Å². The van der Waals surface area contributed by atoms with E-state index in [0.717, 1.165) is 0 Å². The lowest BCUT2D eigenvalue weighted by molar-refractivity contribution is 0.0917. The van der Waals surface area contributed by atoms with Crippen LogP contribution in [0, 0.1) is 11.3 Å². The molecule has 6 nitrogen and oxygen atoms in total. The molecule has 1 aromatic rings. The molecular formula is C10H8N4O2. The molecule has 0 saturated carbocycles. The first-order chi connectivity index (χ1) is 7.76. The molecule has 16 heavy (non-hydrogen) atoms. The molecule has 0 radical (unpaired) electrons. The number of rotatable bonds is 1. The van der Waals surface area contributed by atoms with Gasteiger partial charge in [0.15, 0.2) is 0 Å². The number of hydrogen-bond donors (Lipinski definition) is 1. The van der Waals surface area contributed by atoms with Crippen LogP contribution < -0.4 is 4.74 Å². The molecular weight excluding hydrogens is 208 g/mol. The normalized spacial score (nSPS) is 22.2. The molecule has 0 aliphatic carbocycles. The lowest BCUT2D eigenvalue weighted by atomic mass is 9.98. The summed E-state index contributed by atoms with van der Waals surface area (Å²) in [7, 11) is 0. The van der Waals surface area contributed by atoms with Gasteiger partial charge in [-0.1, -0.05) is 11.2 Å². The molecule has 1 aliphatic heterocycles. The average molecular weight is 216 g/mol. The van der Waals surface area contributed by atoms with Gasteiger partial charge in [-0.2, -0.15) is 5.26 Å². The van der Waals surface area contributed by atoms with Crippen molar-refractivity contribution in [3.05, 3.63) is 39.8 Å². The second-order valence-electron chi connectivity index (χ2n) is 3.39. The number of ether oxygens (including phenoxy) is 1. The summed E-state index contributed by atoms with van der Waals surface area (Å²) in [5, 5.41) is 22.0. The SMILES string of the molecule is N#Cc1ccc2c(c1)OCC(N=[N+]=[N-])C2O. The van der Waals surface area contributed by atoms with Crippen LogP contribution in [-0.2, 0) is 0 Å². The van der Waals surface area contributed by atoms with E-state index in [-0.39, 0.29) is 6.61 Å². The smallest absolute Gasteiger partial charge is 0.126 e. The summed E-state index contributed by atoms with van der Waals surface area (Å²) in [5.41, 5.74) is 9.33. The predicted octanol–water partition coefficient (Wildman–Crippen LogP) is 1.66. The summed E-state index contributed by atoms with van der Waals surface area (Å²) >= 11 is 0. The fraction of sp³-hybridized carbons (Fsp3) is 0.300. The van der Waals surface area contributed by atoms with Crippen LogP contribution in [0.15, 0.2) is 23.3 Å². The molecule has 0 fully saturated rings. The summed E-state index contributed by atoms with van der Waals surface area (Å²) in [5.74, 6) is 0.468. The fourth-order valence-electron chi connectivity index (χ4n) is 1.61. The van der Waals surface area contributed by atoms with Gasteiger partial charge >= 0.3 is 0 Å². The monoisotopic (exact) mass is 216 g/mol. The minimum atomic E-state index is -0.882. The molecule has 1 N–H and O–H groups in total. The molecule has 0 saturated heterocycles. The topological polar surface area (TPSA) is 102 Å². The Labute approximate surface area is 91.3 Å². The fourth-order valence-corrected chi connectivity index (χ4v) is 1.61. The molecule has 6 heteroatoms. The van der Waals surface area contributed by atoms with Crippen LogP contribution in [0.2, 0.25) is 0 Å². The van der Waals surface area contributed by atoms with Crippen molar-refractivity contribution in [3.63, 3.8) is 0 Å². The van der Waals surface area contributed by atoms with Gasteiger partial charge in [-0.15, -0.1) is 0 Å². The minimum absolute atomic E-state index is 0.118. The van der Waals surface area contributed by atoms with E-state index in [4.69, 9.17) is 15.5 Å². The lowest BCUT2D eigenvalue weighted by Gasteiger charge is -2.27. The van der Waals surface area contributed by atoms with Crippen molar-refractivity contribution in [2.45, 2.75) is 12.1 Å². The molecule has 1 aromatic carbocycles. The van der Waals surface area contributed by atoms with Gasteiger partial charge in [-0.3, -0.25) is 0 Å². The number of hydrogen-bond acceptors (Lipinski definition) is 4. The Morgan fingerprint density at radius 1 is 1.62 bits per heavy atom. The molecule has 1 heterocycles. The number of aliphatic hydroxyl groups excluding tert-OH is 1. The highest BCUT2D eigenvalue weighted by atomic mass is 16.5. The van der Waals surface area contributed by atoms with E-state index in [0.29, 0.717) is 16.9 Å². The largest absolute Gasteiger partial charge is 0.493 e. The summed E-state index contributed by atoms with van der Waals surface area (Å²) in [6.45, 7) is 0.118. The van der Waals surface area contributed by atoms with Crippen LogP contribution >= 0.6 is 0 Å². The van der Waals surface area contributed by atoms with Gasteiger partial charge in [-0.05, 0) is 17.7 Å². The van der Waals surface area contributed by atoms with Gasteiger partial charge in [0, 0.05) is 10.5 Å². The molecule has 2 unspecified atom stereocenters. The highest BCUT2D eigenvalue weighted by Gasteiger charge is 2.28. The Morgan fingerprint density at radius 3 is 3.12 bits per heavy atom. The van der Waals surface area contributed by atoms with Crippen LogP contribution in [-0.4, -0.2) is 17.8 Å². The van der Waals surface area contributed by atoms with E-state index in [1.54, 1.807) is 18.2 Å². The van der Waals surface area contributed by atoms with Crippen molar-refractivity contribution >= 4 is 0 Å². The molecule has 0 bridgehead atoms. The van der Waals surface area contributed by atoms with Gasteiger partial charge in [-0.25, -0.2) is 0 Å². The third-order valence-corrected chi connectivity index (χ3v) is 2.44. The predicted molar refractivity (Wildman–Crippen MR) is 54.5 cm³/mol. The van der Waals surface area contributed by atoms with E-state index in [9.17, 15) is 5.11 Å². The molecule has 1 aliphatic rings. The van der Waals surface area contributed by atoms with Crippen molar-refractivity contribution in [1.29, 1.82) is 5.26 Å². The number of azide groups is 1. The van der Waals surface area contributed by atoms with Crippen LogP contribution in [0.5, 0.6) is 5.75 Å². The molecule has 2 atom stereocenters. The number of nitriles is 1. The van der Waals surface area contributed by atoms with E-state index in [1.807, 2.05) is 6.07 Å². The second-order valence-corrected chi connectivity index (χ2v) is 3.39. The van der Waals surface area contributed by atoms with Gasteiger partial charge < -0.3 is 9.84 Å². The highest BCUT2D eigenvalue weighted by Crippen LogP contribution is 2.34. The summed E-state index contributed by atoms with van der Waals surface area (Å²) in [4.78, 5) is 2.65. The average Bonchev–Trinajstić information content (AvgIpc) is 2.32. The van der Waals surface area contributed by atoms with Crippen LogP contribution in [0.4, 0.5) is 0 Å². The van der Waals surface area contributed by atoms with Gasteiger partial charge in [0.1, 0.15) is 11.8 Å². The number of nitrogens with zero attached hydrogens (tertiary/aromatic N) is 4. The highest BCUT2D eigenvalue weighted by molar-refractivity contribution is 5.45. The minimum Gasteiger partial charge on any atom is -0.493 e. The Bertz CT molecular complexity index is 502. The van der Waals surface area contributed by atoms with Gasteiger partial charge in [0.25, 0.3) is 0 Å². The van der Waals surface area contributed by atoms with Crippen molar-refractivity contribution in [2.24, 2.45) is 5.11 Å². The number of fused-ring (bicyclic) bond motifs is 1. The standard InChI is InChI=1S/C10H8N4O2/c11-4-6-1-2-7-9(3-6)16-5-8(10(7)15)13-14-12/h1-3,8,10,15H,5H2. The third-order valence-electron chi connectivity index (χ3n) is 2.44. The Balaban J connectivity index is 2.39. The number of benzene rings is 1. The van der Waals surface area contributed by atoms with Gasteiger partial charge in [0.05, 0.1) is 24.3 Å². The molecule has 0 amide bonds. The molecule has 2 rings (SSSR count).